The molecular formula is C17H22O2. The van der Waals surface area contributed by atoms with Crippen molar-refractivity contribution >= 4 is 0 Å². The Balaban J connectivity index is 2.01. The van der Waals surface area contributed by atoms with Gasteiger partial charge < -0.3 is 9.84 Å². The first-order valence-corrected chi connectivity index (χ1v) is 7.17. The Kier molecular flexibility index (Phi) is 3.14. The van der Waals surface area contributed by atoms with Crippen molar-refractivity contribution in [1.82, 2.24) is 0 Å². The zero-order valence-corrected chi connectivity index (χ0v) is 11.8. The molecular weight excluding hydrogens is 236 g/mol. The third kappa shape index (κ3) is 1.99. The number of rotatable bonds is 1. The van der Waals surface area contributed by atoms with Crippen molar-refractivity contribution in [2.75, 3.05) is 6.61 Å². The fourth-order valence-electron chi connectivity index (χ4n) is 3.96. The molecule has 0 unspecified atom stereocenters. The van der Waals surface area contributed by atoms with Crippen LogP contribution in [0.2, 0.25) is 0 Å². The summed E-state index contributed by atoms with van der Waals surface area (Å²) in [5, 5.41) is 10.1. The maximum absolute atomic E-state index is 10.1. The van der Waals surface area contributed by atoms with Crippen molar-refractivity contribution in [2.45, 2.75) is 26.9 Å². The van der Waals surface area contributed by atoms with E-state index in [-0.39, 0.29) is 6.10 Å². The van der Waals surface area contributed by atoms with Crippen LogP contribution in [0.5, 0.6) is 5.75 Å². The normalized spacial score (nSPS) is 37.8. The Labute approximate surface area is 115 Å². The van der Waals surface area contributed by atoms with E-state index in [1.807, 2.05) is 18.2 Å². The minimum absolute atomic E-state index is 0.00352. The van der Waals surface area contributed by atoms with E-state index in [0.717, 1.165) is 12.2 Å². The molecule has 0 radical (unpaired) electrons. The van der Waals surface area contributed by atoms with Gasteiger partial charge in [-0.1, -0.05) is 43.7 Å². The summed E-state index contributed by atoms with van der Waals surface area (Å²) in [5.41, 5.74) is 2.34. The van der Waals surface area contributed by atoms with Gasteiger partial charge in [0.05, 0.1) is 12.7 Å². The highest BCUT2D eigenvalue weighted by Gasteiger charge is 2.44. The largest absolute Gasteiger partial charge is 0.508 e. The van der Waals surface area contributed by atoms with E-state index in [4.69, 9.17) is 4.74 Å². The van der Waals surface area contributed by atoms with Gasteiger partial charge in [-0.25, -0.2) is 0 Å². The summed E-state index contributed by atoms with van der Waals surface area (Å²) in [6.45, 7) is 7.61. The minimum Gasteiger partial charge on any atom is -0.508 e. The molecule has 1 aliphatic heterocycles. The molecule has 1 saturated heterocycles. The van der Waals surface area contributed by atoms with Crippen LogP contribution in [-0.2, 0) is 4.74 Å². The van der Waals surface area contributed by atoms with Crippen molar-refractivity contribution in [3.05, 3.63) is 41.5 Å². The summed E-state index contributed by atoms with van der Waals surface area (Å²) in [6, 6.07) is 7.57. The van der Waals surface area contributed by atoms with E-state index >= 15 is 0 Å². The first-order chi connectivity index (χ1) is 9.09. The minimum atomic E-state index is -0.00352. The molecule has 1 fully saturated rings. The number of benzene rings is 1. The van der Waals surface area contributed by atoms with Gasteiger partial charge in [-0.05, 0) is 30.7 Å². The van der Waals surface area contributed by atoms with Gasteiger partial charge in [-0.3, -0.25) is 0 Å². The van der Waals surface area contributed by atoms with Crippen molar-refractivity contribution in [3.8, 4) is 5.75 Å². The lowest BCUT2D eigenvalue weighted by molar-refractivity contribution is -0.0941. The lowest BCUT2D eigenvalue weighted by Gasteiger charge is -2.47. The van der Waals surface area contributed by atoms with E-state index in [1.54, 1.807) is 6.07 Å². The predicted molar refractivity (Wildman–Crippen MR) is 75.9 cm³/mol. The summed E-state index contributed by atoms with van der Waals surface area (Å²) in [5.74, 6) is 2.55. The third-order valence-corrected chi connectivity index (χ3v) is 5.01. The number of phenolic OH excluding ortho intramolecular Hbond substituents is 1. The molecule has 102 valence electrons. The van der Waals surface area contributed by atoms with Gasteiger partial charge in [0.25, 0.3) is 0 Å². The SMILES string of the molecule is CC1=C[C@H](C)[C@H]2CO[C@@H](c3ccccc3O)[C@H]1[C@@H]2C. The van der Waals surface area contributed by atoms with Crippen LogP contribution in [0.3, 0.4) is 0 Å². The molecule has 1 aromatic carbocycles. The Morgan fingerprint density at radius 3 is 2.68 bits per heavy atom. The van der Waals surface area contributed by atoms with Gasteiger partial charge in [0.2, 0.25) is 0 Å². The molecule has 1 aromatic rings. The molecule has 3 rings (SSSR count). The Bertz CT molecular complexity index is 506. The van der Waals surface area contributed by atoms with Crippen molar-refractivity contribution < 1.29 is 9.84 Å². The molecule has 0 spiro atoms. The number of hydrogen-bond donors (Lipinski definition) is 1. The zero-order valence-electron chi connectivity index (χ0n) is 11.8. The molecule has 0 amide bonds. The number of aromatic hydroxyl groups is 1. The van der Waals surface area contributed by atoms with Gasteiger partial charge in [0, 0.05) is 11.5 Å². The first kappa shape index (κ1) is 12.7. The highest BCUT2D eigenvalue weighted by atomic mass is 16.5. The molecule has 1 aliphatic carbocycles. The molecule has 19 heavy (non-hydrogen) atoms. The number of fused-ring (bicyclic) bond motifs is 2. The van der Waals surface area contributed by atoms with Crippen LogP contribution < -0.4 is 0 Å². The van der Waals surface area contributed by atoms with E-state index in [1.165, 1.54) is 5.57 Å². The second-order valence-corrected chi connectivity index (χ2v) is 6.13. The Morgan fingerprint density at radius 1 is 1.21 bits per heavy atom. The average molecular weight is 258 g/mol. The molecule has 1 heterocycles. The standard InChI is InChI=1S/C17H22O2/c1-10-8-11(2)16-12(3)14(10)9-19-17(16)13-6-4-5-7-15(13)18/h4-8,10,12,14,16-18H,9H2,1-3H3/t10-,12+,14+,16+,17-/m0/s1. The summed E-state index contributed by atoms with van der Waals surface area (Å²) < 4.78 is 6.12. The molecule has 1 N–H and O–H groups in total. The monoisotopic (exact) mass is 258 g/mol. The summed E-state index contributed by atoms with van der Waals surface area (Å²) in [4.78, 5) is 0. The molecule has 2 nitrogen and oxygen atoms in total. The second-order valence-electron chi connectivity index (χ2n) is 6.13. The van der Waals surface area contributed by atoms with E-state index < -0.39 is 0 Å². The maximum atomic E-state index is 10.1. The van der Waals surface area contributed by atoms with E-state index in [0.29, 0.717) is 29.4 Å². The topological polar surface area (TPSA) is 29.5 Å². The number of hydrogen-bond acceptors (Lipinski definition) is 2. The van der Waals surface area contributed by atoms with Crippen molar-refractivity contribution in [2.24, 2.45) is 23.7 Å². The van der Waals surface area contributed by atoms with Crippen LogP contribution >= 0.6 is 0 Å². The second kappa shape index (κ2) is 4.68. The van der Waals surface area contributed by atoms with Crippen LogP contribution in [0.4, 0.5) is 0 Å². The average Bonchev–Trinajstić information content (AvgIpc) is 2.36. The van der Waals surface area contributed by atoms with Gasteiger partial charge in [-0.2, -0.15) is 0 Å². The van der Waals surface area contributed by atoms with Crippen LogP contribution in [0.25, 0.3) is 0 Å². The van der Waals surface area contributed by atoms with E-state index in [2.05, 4.69) is 26.8 Å². The Morgan fingerprint density at radius 2 is 1.95 bits per heavy atom. The van der Waals surface area contributed by atoms with Crippen molar-refractivity contribution in [3.63, 3.8) is 0 Å². The smallest absolute Gasteiger partial charge is 0.121 e. The summed E-state index contributed by atoms with van der Waals surface area (Å²) in [6.07, 6.45) is 2.39. The molecule has 0 saturated carbocycles. The number of para-hydroxylation sites is 1. The van der Waals surface area contributed by atoms with Gasteiger partial charge in [0.15, 0.2) is 0 Å². The Hall–Kier alpha value is -1.28. The number of allylic oxidation sites excluding steroid dienone is 1. The predicted octanol–water partition coefficient (Wildman–Crippen LogP) is 3.93. The molecule has 2 heteroatoms. The first-order valence-electron chi connectivity index (χ1n) is 7.17. The maximum Gasteiger partial charge on any atom is 0.121 e. The van der Waals surface area contributed by atoms with Crippen LogP contribution in [0.1, 0.15) is 32.4 Å². The van der Waals surface area contributed by atoms with Gasteiger partial charge in [-0.15, -0.1) is 0 Å². The molecule has 5 atom stereocenters. The van der Waals surface area contributed by atoms with E-state index in [9.17, 15) is 5.11 Å². The zero-order chi connectivity index (χ0) is 13.6. The highest BCUT2D eigenvalue weighted by Crippen LogP contribution is 2.50. The fourth-order valence-corrected chi connectivity index (χ4v) is 3.96. The van der Waals surface area contributed by atoms with Crippen LogP contribution in [0.15, 0.2) is 35.9 Å². The number of phenols is 1. The van der Waals surface area contributed by atoms with Crippen LogP contribution in [-0.4, -0.2) is 11.7 Å². The lowest BCUT2D eigenvalue weighted by Crippen LogP contribution is -2.42. The van der Waals surface area contributed by atoms with Gasteiger partial charge >= 0.3 is 0 Å². The molecule has 2 bridgehead atoms. The fraction of sp³-hybridized carbons (Fsp3) is 0.529. The van der Waals surface area contributed by atoms with Crippen molar-refractivity contribution in [1.29, 1.82) is 0 Å². The highest BCUT2D eigenvalue weighted by molar-refractivity contribution is 5.36. The van der Waals surface area contributed by atoms with Crippen LogP contribution in [0, 0.1) is 23.7 Å². The summed E-state index contributed by atoms with van der Waals surface area (Å²) >= 11 is 0. The van der Waals surface area contributed by atoms with Gasteiger partial charge in [0.1, 0.15) is 5.75 Å². The number of ether oxygens (including phenoxy) is 1. The third-order valence-electron chi connectivity index (χ3n) is 5.01. The molecule has 2 aliphatic rings. The molecule has 0 aromatic heterocycles. The quantitative estimate of drug-likeness (QED) is 0.773. The lowest BCUT2D eigenvalue weighted by atomic mass is 9.64. The summed E-state index contributed by atoms with van der Waals surface area (Å²) in [7, 11) is 0.